The highest BCUT2D eigenvalue weighted by atomic mass is 35.5. The van der Waals surface area contributed by atoms with Crippen molar-refractivity contribution in [3.8, 4) is 16.9 Å². The number of halogens is 1. The standard InChI is InChI=1S/C17H20ClNO/c1-10-7-11(2)17(16(8-10)20-4)13-5-6-14(12(3)19)15(18)9-13/h5-9,12H,19H2,1-4H3. The highest BCUT2D eigenvalue weighted by Crippen LogP contribution is 2.36. The third-order valence-electron chi connectivity index (χ3n) is 3.44. The number of hydrogen-bond acceptors (Lipinski definition) is 2. The summed E-state index contributed by atoms with van der Waals surface area (Å²) in [6.45, 7) is 6.07. The fourth-order valence-corrected chi connectivity index (χ4v) is 2.86. The van der Waals surface area contributed by atoms with E-state index in [9.17, 15) is 0 Å². The highest BCUT2D eigenvalue weighted by molar-refractivity contribution is 6.31. The molecule has 0 fully saturated rings. The summed E-state index contributed by atoms with van der Waals surface area (Å²) in [5, 5.41) is 0.694. The Bertz CT molecular complexity index is 635. The molecule has 0 aliphatic heterocycles. The van der Waals surface area contributed by atoms with Gasteiger partial charge in [0.2, 0.25) is 0 Å². The maximum Gasteiger partial charge on any atom is 0.127 e. The Labute approximate surface area is 125 Å². The molecule has 20 heavy (non-hydrogen) atoms. The third-order valence-corrected chi connectivity index (χ3v) is 3.77. The van der Waals surface area contributed by atoms with Gasteiger partial charge in [0, 0.05) is 16.6 Å². The minimum Gasteiger partial charge on any atom is -0.496 e. The summed E-state index contributed by atoms with van der Waals surface area (Å²) < 4.78 is 5.51. The number of ether oxygens (including phenoxy) is 1. The molecule has 106 valence electrons. The molecule has 0 radical (unpaired) electrons. The van der Waals surface area contributed by atoms with E-state index in [2.05, 4.69) is 19.9 Å². The van der Waals surface area contributed by atoms with Gasteiger partial charge in [-0.3, -0.25) is 0 Å². The summed E-state index contributed by atoms with van der Waals surface area (Å²) in [4.78, 5) is 0. The lowest BCUT2D eigenvalue weighted by Gasteiger charge is -2.15. The molecule has 0 aliphatic carbocycles. The molecule has 0 aromatic heterocycles. The molecule has 0 aliphatic rings. The number of methoxy groups -OCH3 is 1. The average Bonchev–Trinajstić information content (AvgIpc) is 2.37. The Balaban J connectivity index is 2.60. The third kappa shape index (κ3) is 2.82. The van der Waals surface area contributed by atoms with E-state index in [1.54, 1.807) is 7.11 Å². The second kappa shape index (κ2) is 5.86. The van der Waals surface area contributed by atoms with Crippen LogP contribution in [0, 0.1) is 13.8 Å². The van der Waals surface area contributed by atoms with Crippen LogP contribution < -0.4 is 10.5 Å². The number of rotatable bonds is 3. The Morgan fingerprint density at radius 1 is 1.15 bits per heavy atom. The van der Waals surface area contributed by atoms with Crippen LogP contribution in [-0.2, 0) is 0 Å². The van der Waals surface area contributed by atoms with Gasteiger partial charge in [0.25, 0.3) is 0 Å². The molecule has 0 bridgehead atoms. The highest BCUT2D eigenvalue weighted by Gasteiger charge is 2.13. The van der Waals surface area contributed by atoms with E-state index >= 15 is 0 Å². The van der Waals surface area contributed by atoms with Crippen molar-refractivity contribution in [2.45, 2.75) is 26.8 Å². The van der Waals surface area contributed by atoms with Crippen molar-refractivity contribution in [1.29, 1.82) is 0 Å². The smallest absolute Gasteiger partial charge is 0.127 e. The number of nitrogens with two attached hydrogens (primary N) is 1. The van der Waals surface area contributed by atoms with Gasteiger partial charge in [0.15, 0.2) is 0 Å². The number of hydrogen-bond donors (Lipinski definition) is 1. The molecule has 0 spiro atoms. The Morgan fingerprint density at radius 2 is 1.85 bits per heavy atom. The van der Waals surface area contributed by atoms with Gasteiger partial charge in [-0.1, -0.05) is 29.8 Å². The summed E-state index contributed by atoms with van der Waals surface area (Å²) in [5.41, 5.74) is 11.3. The van der Waals surface area contributed by atoms with Gasteiger partial charge in [-0.15, -0.1) is 0 Å². The zero-order valence-corrected chi connectivity index (χ0v) is 13.1. The quantitative estimate of drug-likeness (QED) is 0.892. The summed E-state index contributed by atoms with van der Waals surface area (Å²) >= 11 is 6.33. The van der Waals surface area contributed by atoms with E-state index in [1.165, 1.54) is 11.1 Å². The van der Waals surface area contributed by atoms with Crippen LogP contribution >= 0.6 is 11.6 Å². The van der Waals surface area contributed by atoms with Crippen molar-refractivity contribution in [3.63, 3.8) is 0 Å². The lowest BCUT2D eigenvalue weighted by atomic mass is 9.95. The van der Waals surface area contributed by atoms with Gasteiger partial charge in [-0.2, -0.15) is 0 Å². The fourth-order valence-electron chi connectivity index (χ4n) is 2.51. The molecule has 2 rings (SSSR count). The minimum atomic E-state index is -0.0717. The average molecular weight is 290 g/mol. The molecule has 2 nitrogen and oxygen atoms in total. The van der Waals surface area contributed by atoms with Gasteiger partial charge >= 0.3 is 0 Å². The van der Waals surface area contributed by atoms with Crippen LogP contribution in [-0.4, -0.2) is 7.11 Å². The van der Waals surface area contributed by atoms with E-state index < -0.39 is 0 Å². The summed E-state index contributed by atoms with van der Waals surface area (Å²) in [7, 11) is 1.69. The predicted octanol–water partition coefficient (Wildman–Crippen LogP) is 4.65. The first-order valence-electron chi connectivity index (χ1n) is 6.64. The predicted molar refractivity (Wildman–Crippen MR) is 85.5 cm³/mol. The fraction of sp³-hybridized carbons (Fsp3) is 0.294. The molecule has 1 unspecified atom stereocenters. The first-order chi connectivity index (χ1) is 9.43. The zero-order valence-electron chi connectivity index (χ0n) is 12.3. The van der Waals surface area contributed by atoms with Crippen molar-refractivity contribution in [3.05, 3.63) is 52.0 Å². The van der Waals surface area contributed by atoms with Gasteiger partial charge in [0.05, 0.1) is 7.11 Å². The van der Waals surface area contributed by atoms with Crippen LogP contribution in [0.5, 0.6) is 5.75 Å². The lowest BCUT2D eigenvalue weighted by Crippen LogP contribution is -2.05. The molecular weight excluding hydrogens is 270 g/mol. The zero-order chi connectivity index (χ0) is 14.9. The second-order valence-corrected chi connectivity index (χ2v) is 5.59. The first kappa shape index (κ1) is 14.9. The first-order valence-corrected chi connectivity index (χ1v) is 7.02. The van der Waals surface area contributed by atoms with Gasteiger partial charge < -0.3 is 10.5 Å². The van der Waals surface area contributed by atoms with Crippen LogP contribution in [0.4, 0.5) is 0 Å². The second-order valence-electron chi connectivity index (χ2n) is 5.18. The van der Waals surface area contributed by atoms with Crippen molar-refractivity contribution >= 4 is 11.6 Å². The normalized spacial score (nSPS) is 12.3. The molecule has 1 atom stereocenters. The molecule has 0 saturated heterocycles. The van der Waals surface area contributed by atoms with E-state index in [-0.39, 0.29) is 6.04 Å². The molecule has 0 saturated carbocycles. The van der Waals surface area contributed by atoms with Gasteiger partial charge in [-0.05, 0) is 55.2 Å². The summed E-state index contributed by atoms with van der Waals surface area (Å²) in [6, 6.07) is 10.1. The topological polar surface area (TPSA) is 35.2 Å². The van der Waals surface area contributed by atoms with Crippen molar-refractivity contribution < 1.29 is 4.74 Å². The van der Waals surface area contributed by atoms with E-state index in [0.29, 0.717) is 5.02 Å². The molecule has 2 aromatic rings. The van der Waals surface area contributed by atoms with Crippen LogP contribution in [0.3, 0.4) is 0 Å². The monoisotopic (exact) mass is 289 g/mol. The van der Waals surface area contributed by atoms with E-state index in [1.807, 2.05) is 31.2 Å². The van der Waals surface area contributed by atoms with E-state index in [4.69, 9.17) is 22.1 Å². The Kier molecular flexibility index (Phi) is 4.36. The van der Waals surface area contributed by atoms with Gasteiger partial charge in [0.1, 0.15) is 5.75 Å². The lowest BCUT2D eigenvalue weighted by molar-refractivity contribution is 0.416. The van der Waals surface area contributed by atoms with Crippen molar-refractivity contribution in [1.82, 2.24) is 0 Å². The van der Waals surface area contributed by atoms with Crippen LogP contribution in [0.1, 0.15) is 29.7 Å². The Hall–Kier alpha value is -1.51. The minimum absolute atomic E-state index is 0.0717. The number of aryl methyl sites for hydroxylation is 2. The summed E-state index contributed by atoms with van der Waals surface area (Å²) in [5.74, 6) is 0.868. The SMILES string of the molecule is COc1cc(C)cc(C)c1-c1ccc(C(C)N)c(Cl)c1. The molecule has 0 heterocycles. The summed E-state index contributed by atoms with van der Waals surface area (Å²) in [6.07, 6.45) is 0. The molecule has 2 N–H and O–H groups in total. The van der Waals surface area contributed by atoms with Crippen molar-refractivity contribution in [2.24, 2.45) is 5.73 Å². The molecular formula is C17H20ClNO. The Morgan fingerprint density at radius 3 is 2.40 bits per heavy atom. The van der Waals surface area contributed by atoms with Crippen LogP contribution in [0.2, 0.25) is 5.02 Å². The van der Waals surface area contributed by atoms with Crippen LogP contribution in [0.15, 0.2) is 30.3 Å². The van der Waals surface area contributed by atoms with Crippen molar-refractivity contribution in [2.75, 3.05) is 7.11 Å². The molecule has 2 aromatic carbocycles. The maximum atomic E-state index is 6.33. The van der Waals surface area contributed by atoms with Gasteiger partial charge in [-0.25, -0.2) is 0 Å². The van der Waals surface area contributed by atoms with E-state index in [0.717, 1.165) is 22.4 Å². The maximum absolute atomic E-state index is 6.33. The van der Waals surface area contributed by atoms with Crippen LogP contribution in [0.25, 0.3) is 11.1 Å². The molecule has 0 amide bonds. The number of benzene rings is 2. The molecule has 3 heteroatoms. The largest absolute Gasteiger partial charge is 0.496 e.